The molecule has 19 heavy (non-hydrogen) atoms. The fraction of sp³-hybridized carbons (Fsp3) is 0. The van der Waals surface area contributed by atoms with Crippen molar-refractivity contribution in [1.82, 2.24) is 9.97 Å². The van der Waals surface area contributed by atoms with Crippen molar-refractivity contribution in [3.05, 3.63) is 54.6 Å². The Hall–Kier alpha value is -2.05. The van der Waals surface area contributed by atoms with Crippen LogP contribution in [-0.2, 0) is 0 Å². The van der Waals surface area contributed by atoms with Gasteiger partial charge in [-0.3, -0.25) is 19.8 Å². The van der Waals surface area contributed by atoms with E-state index in [1.165, 1.54) is 18.2 Å². The number of aromatic amines is 2. The number of hydrogen-bond donors (Lipinski definition) is 3. The van der Waals surface area contributed by atoms with Crippen LogP contribution in [0, 0.1) is 0 Å². The van der Waals surface area contributed by atoms with Crippen LogP contribution in [0.4, 0.5) is 5.69 Å². The molecule has 0 unspecified atom stereocenters. The molecule has 0 aliphatic heterocycles. The Morgan fingerprint density at radius 3 is 2.32 bits per heavy atom. The molecule has 0 spiro atoms. The third-order valence-corrected chi connectivity index (χ3v) is 2.59. The molecule has 8 heteroatoms. The number of halogens is 2. The molecule has 0 atom stereocenters. The third kappa shape index (κ3) is 3.24. The van der Waals surface area contributed by atoms with Crippen LogP contribution in [0.25, 0.3) is 0 Å². The molecule has 0 amide bonds. The number of nitrogens with one attached hydrogen (secondary N) is 2. The van der Waals surface area contributed by atoms with E-state index in [1.54, 1.807) is 0 Å². The maximum atomic E-state index is 11.4. The first-order chi connectivity index (χ1) is 8.95. The van der Waals surface area contributed by atoms with Crippen LogP contribution in [-0.4, -0.2) is 21.3 Å². The molecule has 1 aromatic heterocycles. The second-order valence-electron chi connectivity index (χ2n) is 3.56. The van der Waals surface area contributed by atoms with Gasteiger partial charge < -0.3 is 5.11 Å². The van der Waals surface area contributed by atoms with E-state index in [2.05, 4.69) is 4.99 Å². The Labute approximate surface area is 116 Å². The monoisotopic (exact) mass is 299 g/mol. The number of benzene rings is 1. The molecule has 0 bridgehead atoms. The second-order valence-corrected chi connectivity index (χ2v) is 4.43. The van der Waals surface area contributed by atoms with Crippen molar-refractivity contribution in [3.8, 4) is 5.88 Å². The Morgan fingerprint density at radius 1 is 1.11 bits per heavy atom. The van der Waals surface area contributed by atoms with Gasteiger partial charge in [0.2, 0.25) is 5.88 Å². The summed E-state index contributed by atoms with van der Waals surface area (Å²) in [5, 5.41) is 10.2. The SMILES string of the molecule is O=c1[nH]c(O)c(C=Nc2cc(Cl)cc(Cl)c2)c(=O)[nH]1. The first kappa shape index (κ1) is 13.4. The normalized spacial score (nSPS) is 11.1. The highest BCUT2D eigenvalue weighted by Crippen LogP contribution is 2.24. The lowest BCUT2D eigenvalue weighted by molar-refractivity contribution is 0.447. The lowest BCUT2D eigenvalue weighted by Crippen LogP contribution is -2.24. The van der Waals surface area contributed by atoms with Gasteiger partial charge in [0.05, 0.1) is 5.69 Å². The minimum absolute atomic E-state index is 0.171. The number of aliphatic imine (C=N–C) groups is 1. The Bertz CT molecular complexity index is 744. The van der Waals surface area contributed by atoms with Gasteiger partial charge in [-0.2, -0.15) is 0 Å². The first-order valence-corrected chi connectivity index (χ1v) is 5.77. The molecule has 2 aromatic rings. The maximum absolute atomic E-state index is 11.4. The average molecular weight is 300 g/mol. The number of H-pyrrole nitrogens is 2. The van der Waals surface area contributed by atoms with Crippen molar-refractivity contribution >= 4 is 35.1 Å². The molecular formula is C11H7Cl2N3O3. The second kappa shape index (κ2) is 5.29. The van der Waals surface area contributed by atoms with Gasteiger partial charge in [-0.1, -0.05) is 23.2 Å². The predicted octanol–water partition coefficient (Wildman–Crippen LogP) is 1.83. The highest BCUT2D eigenvalue weighted by molar-refractivity contribution is 6.35. The zero-order valence-corrected chi connectivity index (χ0v) is 10.8. The average Bonchev–Trinajstić information content (AvgIpc) is 2.25. The van der Waals surface area contributed by atoms with Gasteiger partial charge in [-0.05, 0) is 18.2 Å². The molecule has 1 aromatic carbocycles. The largest absolute Gasteiger partial charge is 0.494 e. The van der Waals surface area contributed by atoms with Crippen molar-refractivity contribution in [1.29, 1.82) is 0 Å². The van der Waals surface area contributed by atoms with Gasteiger partial charge >= 0.3 is 5.69 Å². The van der Waals surface area contributed by atoms with Gasteiger partial charge in [0, 0.05) is 16.3 Å². The van der Waals surface area contributed by atoms with Crippen LogP contribution in [0.1, 0.15) is 5.56 Å². The topological polar surface area (TPSA) is 98.3 Å². The zero-order valence-electron chi connectivity index (χ0n) is 9.28. The van der Waals surface area contributed by atoms with E-state index in [1.807, 2.05) is 9.97 Å². The van der Waals surface area contributed by atoms with Crippen molar-refractivity contribution in [2.75, 3.05) is 0 Å². The summed E-state index contributed by atoms with van der Waals surface area (Å²) in [6, 6.07) is 4.59. The van der Waals surface area contributed by atoms with Crippen LogP contribution >= 0.6 is 23.2 Å². The molecule has 0 saturated carbocycles. The lowest BCUT2D eigenvalue weighted by atomic mass is 10.3. The number of rotatable bonds is 2. The van der Waals surface area contributed by atoms with Gasteiger partial charge in [0.15, 0.2) is 0 Å². The highest BCUT2D eigenvalue weighted by atomic mass is 35.5. The van der Waals surface area contributed by atoms with Gasteiger partial charge in [0.25, 0.3) is 5.56 Å². The van der Waals surface area contributed by atoms with E-state index in [0.717, 1.165) is 6.21 Å². The van der Waals surface area contributed by atoms with E-state index in [0.29, 0.717) is 15.7 Å². The minimum atomic E-state index is -0.801. The number of hydrogen-bond acceptors (Lipinski definition) is 4. The van der Waals surface area contributed by atoms with Crippen LogP contribution in [0.2, 0.25) is 10.0 Å². The Kier molecular flexibility index (Phi) is 3.73. The lowest BCUT2D eigenvalue weighted by Gasteiger charge is -1.98. The molecule has 98 valence electrons. The summed E-state index contributed by atoms with van der Waals surface area (Å²) in [5.74, 6) is -0.564. The van der Waals surface area contributed by atoms with E-state index in [-0.39, 0.29) is 5.56 Å². The molecule has 0 aliphatic carbocycles. The van der Waals surface area contributed by atoms with Crippen molar-refractivity contribution < 1.29 is 5.11 Å². The van der Waals surface area contributed by atoms with Crippen LogP contribution < -0.4 is 11.2 Å². The Balaban J connectivity index is 2.43. The van der Waals surface area contributed by atoms with Gasteiger partial charge in [-0.15, -0.1) is 0 Å². The molecule has 6 nitrogen and oxygen atoms in total. The van der Waals surface area contributed by atoms with Gasteiger partial charge in [0.1, 0.15) is 5.56 Å². The number of aromatic hydroxyl groups is 1. The molecule has 3 N–H and O–H groups in total. The smallest absolute Gasteiger partial charge is 0.328 e. The van der Waals surface area contributed by atoms with Crippen molar-refractivity contribution in [3.63, 3.8) is 0 Å². The van der Waals surface area contributed by atoms with E-state index >= 15 is 0 Å². The number of nitrogens with zero attached hydrogens (tertiary/aromatic N) is 1. The van der Waals surface area contributed by atoms with Crippen LogP contribution in [0.3, 0.4) is 0 Å². The fourth-order valence-electron chi connectivity index (χ4n) is 1.36. The van der Waals surface area contributed by atoms with Crippen molar-refractivity contribution in [2.24, 2.45) is 4.99 Å². The fourth-order valence-corrected chi connectivity index (χ4v) is 1.87. The van der Waals surface area contributed by atoms with Crippen LogP contribution in [0.5, 0.6) is 5.88 Å². The van der Waals surface area contributed by atoms with E-state index in [9.17, 15) is 14.7 Å². The quantitative estimate of drug-likeness (QED) is 0.738. The molecule has 2 rings (SSSR count). The summed E-state index contributed by atoms with van der Waals surface area (Å²) in [6.45, 7) is 0. The maximum Gasteiger partial charge on any atom is 0.328 e. The summed E-state index contributed by atoms with van der Waals surface area (Å²) in [5.41, 5.74) is -1.32. The molecule has 1 heterocycles. The molecule has 0 fully saturated rings. The first-order valence-electron chi connectivity index (χ1n) is 5.01. The standard InChI is InChI=1S/C11H7Cl2N3O3/c12-5-1-6(13)3-7(2-5)14-4-8-9(17)15-11(19)16-10(8)18/h1-4H,(H3,15,16,17,18,19). The van der Waals surface area contributed by atoms with Gasteiger partial charge in [-0.25, -0.2) is 4.79 Å². The summed E-state index contributed by atoms with van der Waals surface area (Å²) < 4.78 is 0. The summed E-state index contributed by atoms with van der Waals surface area (Å²) in [4.78, 5) is 30.3. The van der Waals surface area contributed by atoms with Crippen molar-refractivity contribution in [2.45, 2.75) is 0 Å². The molecular weight excluding hydrogens is 293 g/mol. The molecule has 0 aliphatic rings. The highest BCUT2D eigenvalue weighted by Gasteiger charge is 2.05. The summed E-state index contributed by atoms with van der Waals surface area (Å²) in [7, 11) is 0. The summed E-state index contributed by atoms with van der Waals surface area (Å²) >= 11 is 11.6. The molecule has 0 saturated heterocycles. The van der Waals surface area contributed by atoms with E-state index in [4.69, 9.17) is 23.2 Å². The number of aromatic nitrogens is 2. The Morgan fingerprint density at radius 2 is 1.74 bits per heavy atom. The predicted molar refractivity (Wildman–Crippen MR) is 73.1 cm³/mol. The van der Waals surface area contributed by atoms with E-state index < -0.39 is 17.1 Å². The van der Waals surface area contributed by atoms with Crippen LogP contribution in [0.15, 0.2) is 32.8 Å². The zero-order chi connectivity index (χ0) is 14.0. The summed E-state index contributed by atoms with van der Waals surface area (Å²) in [6.07, 6.45) is 1.10. The molecule has 0 radical (unpaired) electrons. The minimum Gasteiger partial charge on any atom is -0.494 e. The third-order valence-electron chi connectivity index (χ3n) is 2.15.